The quantitative estimate of drug-likeness (QED) is 0.744. The number of halogens is 1. The Morgan fingerprint density at radius 2 is 1.68 bits per heavy atom. The summed E-state index contributed by atoms with van der Waals surface area (Å²) in [5, 5.41) is 9.42. The van der Waals surface area contributed by atoms with Gasteiger partial charge in [-0.2, -0.15) is 5.10 Å². The summed E-state index contributed by atoms with van der Waals surface area (Å²) in [6, 6.07) is 16.0. The van der Waals surface area contributed by atoms with E-state index in [0.29, 0.717) is 0 Å². The third-order valence-electron chi connectivity index (χ3n) is 3.16. The second-order valence-electron chi connectivity index (χ2n) is 4.62. The molecule has 1 heterocycles. The third-order valence-corrected chi connectivity index (χ3v) is 3.41. The van der Waals surface area contributed by atoms with Crippen LogP contribution in [-0.4, -0.2) is 11.4 Å². The van der Waals surface area contributed by atoms with Crippen LogP contribution in [0.2, 0.25) is 5.02 Å². The molecular formula is C16H13ClN2. The molecule has 2 aromatic rings. The van der Waals surface area contributed by atoms with Gasteiger partial charge in [-0.25, -0.2) is 0 Å². The molecule has 0 bridgehead atoms. The minimum absolute atomic E-state index is 0.728. The Bertz CT molecular complexity index is 669. The van der Waals surface area contributed by atoms with Crippen LogP contribution < -0.4 is 0 Å². The molecule has 0 spiro atoms. The fourth-order valence-electron chi connectivity index (χ4n) is 2.23. The summed E-state index contributed by atoms with van der Waals surface area (Å²) in [6.45, 7) is 2.01. The van der Waals surface area contributed by atoms with Crippen LogP contribution in [0.25, 0.3) is 0 Å². The van der Waals surface area contributed by atoms with E-state index in [1.165, 1.54) is 5.56 Å². The topological polar surface area (TPSA) is 24.7 Å². The van der Waals surface area contributed by atoms with E-state index in [1.807, 2.05) is 37.3 Å². The molecule has 0 fully saturated rings. The summed E-state index contributed by atoms with van der Waals surface area (Å²) in [4.78, 5) is 0. The number of rotatable bonds is 1. The van der Waals surface area contributed by atoms with Crippen molar-refractivity contribution in [3.05, 3.63) is 70.2 Å². The van der Waals surface area contributed by atoms with Crippen LogP contribution in [-0.2, 0) is 6.42 Å². The summed E-state index contributed by atoms with van der Waals surface area (Å²) < 4.78 is 0. The maximum Gasteiger partial charge on any atom is 0.100 e. The zero-order valence-corrected chi connectivity index (χ0v) is 11.4. The molecule has 2 aromatic carbocycles. The van der Waals surface area contributed by atoms with Crippen LogP contribution in [0.1, 0.15) is 23.6 Å². The van der Waals surface area contributed by atoms with E-state index in [0.717, 1.165) is 34.0 Å². The van der Waals surface area contributed by atoms with Crippen LogP contribution in [0.3, 0.4) is 0 Å². The minimum Gasteiger partial charge on any atom is -0.159 e. The molecule has 0 saturated heterocycles. The lowest BCUT2D eigenvalue weighted by molar-refractivity contribution is 1.20. The summed E-state index contributed by atoms with van der Waals surface area (Å²) >= 11 is 5.94. The zero-order chi connectivity index (χ0) is 13.2. The molecule has 1 aliphatic heterocycles. The third kappa shape index (κ3) is 2.45. The van der Waals surface area contributed by atoms with Crippen LogP contribution in [0, 0.1) is 0 Å². The lowest BCUT2D eigenvalue weighted by atomic mass is 9.95. The van der Waals surface area contributed by atoms with Crippen LogP contribution in [0.4, 0.5) is 0 Å². The van der Waals surface area contributed by atoms with Gasteiger partial charge in [0.05, 0.1) is 0 Å². The van der Waals surface area contributed by atoms with Crippen molar-refractivity contribution in [1.29, 1.82) is 0 Å². The molecule has 0 radical (unpaired) electrons. The predicted molar refractivity (Wildman–Crippen MR) is 80.3 cm³/mol. The van der Waals surface area contributed by atoms with Gasteiger partial charge < -0.3 is 0 Å². The molecule has 3 rings (SSSR count). The second-order valence-corrected chi connectivity index (χ2v) is 5.06. The zero-order valence-electron chi connectivity index (χ0n) is 10.6. The van der Waals surface area contributed by atoms with E-state index in [4.69, 9.17) is 11.6 Å². The number of nitrogens with zero attached hydrogens (tertiary/aromatic N) is 2. The lowest BCUT2D eigenvalue weighted by Gasteiger charge is -2.08. The van der Waals surface area contributed by atoms with Crippen molar-refractivity contribution in [2.75, 3.05) is 0 Å². The van der Waals surface area contributed by atoms with E-state index in [2.05, 4.69) is 28.4 Å². The van der Waals surface area contributed by atoms with Gasteiger partial charge in [0.1, 0.15) is 5.71 Å². The van der Waals surface area contributed by atoms with Gasteiger partial charge in [-0.3, -0.25) is 0 Å². The normalized spacial score (nSPS) is 14.2. The van der Waals surface area contributed by atoms with Gasteiger partial charge >= 0.3 is 0 Å². The highest BCUT2D eigenvalue weighted by atomic mass is 35.5. The Hall–Kier alpha value is -1.93. The fourth-order valence-corrected chi connectivity index (χ4v) is 2.35. The van der Waals surface area contributed by atoms with Crippen molar-refractivity contribution in [3.63, 3.8) is 0 Å². The average Bonchev–Trinajstić information content (AvgIpc) is 2.58. The Balaban J connectivity index is 2.17. The molecule has 0 aromatic heterocycles. The van der Waals surface area contributed by atoms with Crippen molar-refractivity contribution in [1.82, 2.24) is 0 Å². The predicted octanol–water partition coefficient (Wildman–Crippen LogP) is 4.11. The van der Waals surface area contributed by atoms with Crippen molar-refractivity contribution in [2.24, 2.45) is 10.2 Å². The molecule has 3 heteroatoms. The molecule has 19 heavy (non-hydrogen) atoms. The lowest BCUT2D eigenvalue weighted by Crippen LogP contribution is -2.06. The summed E-state index contributed by atoms with van der Waals surface area (Å²) in [5.41, 5.74) is 5.37. The number of fused-ring (bicyclic) bond motifs is 1. The first-order valence-corrected chi connectivity index (χ1v) is 6.57. The van der Waals surface area contributed by atoms with Crippen LogP contribution >= 0.6 is 11.6 Å². The van der Waals surface area contributed by atoms with E-state index in [-0.39, 0.29) is 0 Å². The van der Waals surface area contributed by atoms with Crippen molar-refractivity contribution < 1.29 is 0 Å². The molecule has 0 N–H and O–H groups in total. The first kappa shape index (κ1) is 12.1. The number of hydrogen-bond donors (Lipinski definition) is 0. The molecule has 1 aliphatic rings. The second kappa shape index (κ2) is 4.98. The molecule has 0 unspecified atom stereocenters. The highest BCUT2D eigenvalue weighted by Crippen LogP contribution is 2.20. The minimum atomic E-state index is 0.728. The van der Waals surface area contributed by atoms with E-state index in [1.54, 1.807) is 0 Å². The first-order valence-electron chi connectivity index (χ1n) is 6.19. The van der Waals surface area contributed by atoms with Crippen molar-refractivity contribution >= 4 is 23.0 Å². The van der Waals surface area contributed by atoms with Gasteiger partial charge in [0.25, 0.3) is 0 Å². The standard InChI is InChI=1S/C16H13ClN2/c1-11-10-13-4-2-3-5-15(13)16(19-18-11)12-6-8-14(17)9-7-12/h2-9H,10H2,1H3. The Labute approximate surface area is 117 Å². The van der Waals surface area contributed by atoms with Crippen LogP contribution in [0.15, 0.2) is 58.7 Å². The van der Waals surface area contributed by atoms with Gasteiger partial charge in [-0.1, -0.05) is 48.0 Å². The SMILES string of the molecule is CC1=NN=C(c2ccc(Cl)cc2)c2ccccc2C1. The Morgan fingerprint density at radius 3 is 2.47 bits per heavy atom. The smallest absolute Gasteiger partial charge is 0.100 e. The molecular weight excluding hydrogens is 256 g/mol. The average molecular weight is 269 g/mol. The van der Waals surface area contributed by atoms with Crippen LogP contribution in [0.5, 0.6) is 0 Å². The fraction of sp³-hybridized carbons (Fsp3) is 0.125. The first-order chi connectivity index (χ1) is 9.24. The van der Waals surface area contributed by atoms with Crippen molar-refractivity contribution in [3.8, 4) is 0 Å². The molecule has 94 valence electrons. The largest absolute Gasteiger partial charge is 0.159 e. The van der Waals surface area contributed by atoms with Gasteiger partial charge in [-0.05, 0) is 24.6 Å². The maximum atomic E-state index is 5.94. The van der Waals surface area contributed by atoms with E-state index >= 15 is 0 Å². The number of hydrogen-bond acceptors (Lipinski definition) is 2. The summed E-state index contributed by atoms with van der Waals surface area (Å²) in [6.07, 6.45) is 0.844. The molecule has 0 saturated carbocycles. The van der Waals surface area contributed by atoms with E-state index < -0.39 is 0 Å². The highest BCUT2D eigenvalue weighted by Gasteiger charge is 2.14. The van der Waals surface area contributed by atoms with Crippen molar-refractivity contribution in [2.45, 2.75) is 13.3 Å². The Kier molecular flexibility index (Phi) is 3.18. The molecule has 2 nitrogen and oxygen atoms in total. The maximum absolute atomic E-state index is 5.94. The van der Waals surface area contributed by atoms with Gasteiger partial charge in [0, 0.05) is 28.3 Å². The molecule has 0 amide bonds. The summed E-state index contributed by atoms with van der Waals surface area (Å²) in [7, 11) is 0. The molecule has 0 aliphatic carbocycles. The van der Waals surface area contributed by atoms with Gasteiger partial charge in [0.15, 0.2) is 0 Å². The van der Waals surface area contributed by atoms with E-state index in [9.17, 15) is 0 Å². The molecule has 0 atom stereocenters. The summed E-state index contributed by atoms with van der Waals surface area (Å²) in [5.74, 6) is 0. The monoisotopic (exact) mass is 268 g/mol. The highest BCUT2D eigenvalue weighted by molar-refractivity contribution is 6.30. The number of benzene rings is 2. The van der Waals surface area contributed by atoms with Gasteiger partial charge in [0.2, 0.25) is 0 Å². The Morgan fingerprint density at radius 1 is 0.947 bits per heavy atom. The van der Waals surface area contributed by atoms with Gasteiger partial charge in [-0.15, -0.1) is 5.10 Å².